The van der Waals surface area contributed by atoms with Crippen LogP contribution in [0, 0.1) is 0 Å². The van der Waals surface area contributed by atoms with Gasteiger partial charge in [-0.05, 0) is 23.8 Å². The summed E-state index contributed by atoms with van der Waals surface area (Å²) >= 11 is 13.5. The van der Waals surface area contributed by atoms with Crippen LogP contribution in [0.3, 0.4) is 0 Å². The monoisotopic (exact) mass is 287 g/mol. The van der Waals surface area contributed by atoms with Gasteiger partial charge in [0.25, 0.3) is 0 Å². The van der Waals surface area contributed by atoms with Gasteiger partial charge in [-0.3, -0.25) is 0 Å². The van der Waals surface area contributed by atoms with Crippen LogP contribution >= 0.6 is 34.5 Å². The van der Waals surface area contributed by atoms with Crippen LogP contribution in [0.2, 0.25) is 10.0 Å². The van der Waals surface area contributed by atoms with E-state index in [2.05, 4.69) is 0 Å². The first-order chi connectivity index (χ1) is 8.11. The predicted octanol–water partition coefficient (Wildman–Crippen LogP) is 4.11. The van der Waals surface area contributed by atoms with E-state index in [1.165, 1.54) is 0 Å². The van der Waals surface area contributed by atoms with Crippen molar-refractivity contribution in [3.05, 3.63) is 50.1 Å². The Bertz CT molecular complexity index is 527. The lowest BCUT2D eigenvalue weighted by Crippen LogP contribution is -2.10. The molecule has 2 nitrogen and oxygen atoms in total. The van der Waals surface area contributed by atoms with E-state index in [4.69, 9.17) is 33.7 Å². The minimum absolute atomic E-state index is 0.256. The van der Waals surface area contributed by atoms with Crippen LogP contribution in [0.5, 0.6) is 5.75 Å². The molecule has 0 bridgehead atoms. The molecule has 17 heavy (non-hydrogen) atoms. The number of methoxy groups -OCH3 is 1. The summed E-state index contributed by atoms with van der Waals surface area (Å²) < 4.78 is 5.13. The summed E-state index contributed by atoms with van der Waals surface area (Å²) in [5.41, 5.74) is 7.02. The molecule has 0 aliphatic carbocycles. The quantitative estimate of drug-likeness (QED) is 0.922. The molecule has 0 aliphatic heterocycles. The number of hydrogen-bond donors (Lipinski definition) is 1. The van der Waals surface area contributed by atoms with Crippen LogP contribution in [-0.2, 0) is 0 Å². The first-order valence-corrected chi connectivity index (χ1v) is 6.58. The predicted molar refractivity (Wildman–Crippen MR) is 73.4 cm³/mol. The number of nitrogens with two attached hydrogens (primary N) is 1. The van der Waals surface area contributed by atoms with Crippen molar-refractivity contribution in [2.75, 3.05) is 7.11 Å². The molecule has 1 aromatic carbocycles. The smallest absolute Gasteiger partial charge is 0.129 e. The number of rotatable bonds is 3. The van der Waals surface area contributed by atoms with E-state index in [-0.39, 0.29) is 6.04 Å². The molecule has 0 spiro atoms. The highest BCUT2D eigenvalue weighted by atomic mass is 35.5. The summed E-state index contributed by atoms with van der Waals surface area (Å²) in [5, 5.41) is 3.10. The van der Waals surface area contributed by atoms with Crippen LogP contribution in [0.15, 0.2) is 29.6 Å². The van der Waals surface area contributed by atoms with Crippen LogP contribution < -0.4 is 10.5 Å². The molecule has 1 atom stereocenters. The second kappa shape index (κ2) is 5.27. The minimum atomic E-state index is -0.256. The Kier molecular flexibility index (Phi) is 3.94. The highest BCUT2D eigenvalue weighted by Crippen LogP contribution is 2.33. The molecule has 1 heterocycles. The first-order valence-electron chi connectivity index (χ1n) is 4.94. The summed E-state index contributed by atoms with van der Waals surface area (Å²) in [6, 6.07) is 6.99. The zero-order chi connectivity index (χ0) is 12.4. The average Bonchev–Trinajstić information content (AvgIpc) is 2.76. The van der Waals surface area contributed by atoms with Gasteiger partial charge in [-0.15, -0.1) is 11.3 Å². The third kappa shape index (κ3) is 2.75. The lowest BCUT2D eigenvalue weighted by Gasteiger charge is -2.12. The van der Waals surface area contributed by atoms with Gasteiger partial charge >= 0.3 is 0 Å². The maximum atomic E-state index is 6.16. The fraction of sp³-hybridized carbons (Fsp3) is 0.167. The number of ether oxygens (including phenoxy) is 1. The summed E-state index contributed by atoms with van der Waals surface area (Å²) in [5.74, 6) is 0.811. The third-order valence-electron chi connectivity index (χ3n) is 2.44. The van der Waals surface area contributed by atoms with Crippen LogP contribution in [0.4, 0.5) is 0 Å². The highest BCUT2D eigenvalue weighted by Gasteiger charge is 2.15. The van der Waals surface area contributed by atoms with Crippen molar-refractivity contribution in [3.63, 3.8) is 0 Å². The summed E-state index contributed by atoms with van der Waals surface area (Å²) in [4.78, 5) is 1.01. The Morgan fingerprint density at radius 2 is 2.06 bits per heavy atom. The first kappa shape index (κ1) is 12.7. The van der Waals surface area contributed by atoms with Gasteiger partial charge in [0, 0.05) is 20.3 Å². The molecule has 2 rings (SSSR count). The fourth-order valence-corrected chi connectivity index (χ4v) is 2.91. The van der Waals surface area contributed by atoms with Crippen molar-refractivity contribution < 1.29 is 4.74 Å². The van der Waals surface area contributed by atoms with E-state index in [0.29, 0.717) is 10.0 Å². The van der Waals surface area contributed by atoms with Crippen molar-refractivity contribution in [2.45, 2.75) is 6.04 Å². The Labute approximate surface area is 114 Å². The van der Waals surface area contributed by atoms with E-state index in [1.54, 1.807) is 30.6 Å². The van der Waals surface area contributed by atoms with Crippen LogP contribution in [-0.4, -0.2) is 7.11 Å². The Balaban J connectivity index is 2.33. The molecule has 1 aromatic heterocycles. The summed E-state index contributed by atoms with van der Waals surface area (Å²) in [6.45, 7) is 0. The van der Waals surface area contributed by atoms with Gasteiger partial charge in [0.05, 0.1) is 13.2 Å². The van der Waals surface area contributed by atoms with Gasteiger partial charge < -0.3 is 10.5 Å². The number of hydrogen-bond acceptors (Lipinski definition) is 3. The van der Waals surface area contributed by atoms with Gasteiger partial charge in [0.2, 0.25) is 0 Å². The van der Waals surface area contributed by atoms with E-state index in [1.807, 2.05) is 17.5 Å². The lowest BCUT2D eigenvalue weighted by molar-refractivity contribution is 0.416. The second-order valence-corrected chi connectivity index (χ2v) is 5.32. The molecule has 0 amide bonds. The molecule has 5 heteroatoms. The Morgan fingerprint density at radius 1 is 1.29 bits per heavy atom. The van der Waals surface area contributed by atoms with Gasteiger partial charge in [-0.1, -0.05) is 29.3 Å². The molecule has 0 saturated heterocycles. The summed E-state index contributed by atoms with van der Waals surface area (Å²) in [7, 11) is 1.63. The normalized spacial score (nSPS) is 12.5. The molecule has 1 unspecified atom stereocenters. The maximum Gasteiger partial charge on any atom is 0.129 e. The van der Waals surface area contributed by atoms with Crippen molar-refractivity contribution in [3.8, 4) is 5.75 Å². The molecule has 90 valence electrons. The Morgan fingerprint density at radius 3 is 2.65 bits per heavy atom. The number of thiophene rings is 1. The minimum Gasteiger partial charge on any atom is -0.496 e. The van der Waals surface area contributed by atoms with E-state index in [0.717, 1.165) is 16.2 Å². The molecule has 0 fully saturated rings. The molecule has 2 N–H and O–H groups in total. The zero-order valence-corrected chi connectivity index (χ0v) is 11.4. The number of halogens is 2. The molecule has 0 saturated carbocycles. The standard InChI is InChI=1S/C12H11Cl2NOS/c1-16-8-5-11(17-6-8)12(15)9-3-2-7(13)4-10(9)14/h2-6,12H,15H2,1H3. The van der Waals surface area contributed by atoms with Gasteiger partial charge in [0.15, 0.2) is 0 Å². The van der Waals surface area contributed by atoms with E-state index < -0.39 is 0 Å². The van der Waals surface area contributed by atoms with Crippen molar-refractivity contribution >= 4 is 34.5 Å². The van der Waals surface area contributed by atoms with Crippen LogP contribution in [0.1, 0.15) is 16.5 Å². The highest BCUT2D eigenvalue weighted by molar-refractivity contribution is 7.10. The van der Waals surface area contributed by atoms with E-state index >= 15 is 0 Å². The van der Waals surface area contributed by atoms with Crippen molar-refractivity contribution in [2.24, 2.45) is 5.73 Å². The summed E-state index contributed by atoms with van der Waals surface area (Å²) in [6.07, 6.45) is 0. The molecule has 2 aromatic rings. The molecule has 0 aliphatic rings. The molecule has 0 radical (unpaired) electrons. The van der Waals surface area contributed by atoms with Crippen molar-refractivity contribution in [1.29, 1.82) is 0 Å². The molecular formula is C12H11Cl2NOS. The van der Waals surface area contributed by atoms with E-state index in [9.17, 15) is 0 Å². The zero-order valence-electron chi connectivity index (χ0n) is 9.11. The van der Waals surface area contributed by atoms with Gasteiger partial charge in [-0.2, -0.15) is 0 Å². The largest absolute Gasteiger partial charge is 0.496 e. The fourth-order valence-electron chi connectivity index (χ4n) is 1.51. The SMILES string of the molecule is COc1csc(C(N)c2ccc(Cl)cc2Cl)c1. The van der Waals surface area contributed by atoms with Crippen LogP contribution in [0.25, 0.3) is 0 Å². The van der Waals surface area contributed by atoms with Gasteiger partial charge in [-0.25, -0.2) is 0 Å². The van der Waals surface area contributed by atoms with Crippen molar-refractivity contribution in [1.82, 2.24) is 0 Å². The topological polar surface area (TPSA) is 35.2 Å². The van der Waals surface area contributed by atoms with Gasteiger partial charge in [0.1, 0.15) is 5.75 Å². The second-order valence-electron chi connectivity index (χ2n) is 3.53. The average molecular weight is 288 g/mol. The lowest BCUT2D eigenvalue weighted by atomic mass is 10.1. The third-order valence-corrected chi connectivity index (χ3v) is 3.99. The number of benzene rings is 1. The Hall–Kier alpha value is -0.740. The molecular weight excluding hydrogens is 277 g/mol. The maximum absolute atomic E-state index is 6.16.